The van der Waals surface area contributed by atoms with E-state index in [0.29, 0.717) is 5.82 Å². The largest absolute Gasteiger partial charge is 0.310 e. The van der Waals surface area contributed by atoms with Crippen molar-refractivity contribution in [1.82, 2.24) is 14.5 Å². The molecule has 0 atom stereocenters. The van der Waals surface area contributed by atoms with Gasteiger partial charge in [-0.3, -0.25) is 4.57 Å². The van der Waals surface area contributed by atoms with Crippen LogP contribution in [0.3, 0.4) is 0 Å². The van der Waals surface area contributed by atoms with Crippen molar-refractivity contribution in [1.29, 1.82) is 0 Å². The molecule has 8 aromatic carbocycles. The Morgan fingerprint density at radius 3 is 1.95 bits per heavy atom. The summed E-state index contributed by atoms with van der Waals surface area (Å²) in [4.78, 5) is 13.0. The van der Waals surface area contributed by atoms with Crippen molar-refractivity contribution in [3.8, 4) is 39.6 Å². The molecule has 11 rings (SSSR count). The molecule has 4 nitrogen and oxygen atoms in total. The predicted molar refractivity (Wildman–Crippen MR) is 237 cm³/mol. The number of para-hydroxylation sites is 3. The van der Waals surface area contributed by atoms with E-state index in [2.05, 4.69) is 193 Å². The van der Waals surface area contributed by atoms with Gasteiger partial charge >= 0.3 is 0 Å². The van der Waals surface area contributed by atoms with Crippen molar-refractivity contribution in [3.63, 3.8) is 0 Å². The van der Waals surface area contributed by atoms with E-state index >= 15 is 0 Å². The Morgan fingerprint density at radius 1 is 0.474 bits per heavy atom. The molecule has 0 fully saturated rings. The highest BCUT2D eigenvalue weighted by Gasteiger charge is 2.37. The fourth-order valence-electron chi connectivity index (χ4n) is 9.06. The molecule has 57 heavy (non-hydrogen) atoms. The van der Waals surface area contributed by atoms with Gasteiger partial charge in [0.05, 0.1) is 28.1 Å². The molecule has 4 heteroatoms. The highest BCUT2D eigenvalue weighted by atomic mass is 15.2. The van der Waals surface area contributed by atoms with Crippen LogP contribution in [0, 0.1) is 0 Å². The monoisotopic (exact) mass is 730 g/mol. The summed E-state index contributed by atoms with van der Waals surface area (Å²) in [5.74, 6) is 1.52. The van der Waals surface area contributed by atoms with E-state index < -0.39 is 0 Å². The molecule has 0 saturated heterocycles. The number of hydrogen-bond acceptors (Lipinski definition) is 3. The van der Waals surface area contributed by atoms with Crippen molar-refractivity contribution >= 4 is 49.6 Å². The topological polar surface area (TPSA) is 34.0 Å². The maximum Gasteiger partial charge on any atom is 0.162 e. The minimum absolute atomic E-state index is 0.244. The lowest BCUT2D eigenvalue weighted by molar-refractivity contribution is 0.632. The van der Waals surface area contributed by atoms with Gasteiger partial charge in [0, 0.05) is 44.6 Å². The molecule has 0 amide bonds. The summed E-state index contributed by atoms with van der Waals surface area (Å²) >= 11 is 0. The summed E-state index contributed by atoms with van der Waals surface area (Å²) in [5.41, 5.74) is 13.3. The minimum Gasteiger partial charge on any atom is -0.310 e. The van der Waals surface area contributed by atoms with Gasteiger partial charge in [-0.15, -0.1) is 0 Å². The van der Waals surface area contributed by atoms with Crippen LogP contribution in [0.2, 0.25) is 0 Å². The van der Waals surface area contributed by atoms with Crippen LogP contribution in [0.25, 0.3) is 72.2 Å². The average molecular weight is 731 g/mol. The second-order valence-corrected chi connectivity index (χ2v) is 15.4. The molecule has 0 spiro atoms. The van der Waals surface area contributed by atoms with Gasteiger partial charge in [-0.25, -0.2) is 9.97 Å². The summed E-state index contributed by atoms with van der Waals surface area (Å²) in [7, 11) is 0. The number of fused-ring (bicyclic) bond motifs is 7. The zero-order valence-corrected chi connectivity index (χ0v) is 31.8. The predicted octanol–water partition coefficient (Wildman–Crippen LogP) is 13.8. The first-order valence-electron chi connectivity index (χ1n) is 19.6. The molecule has 0 saturated carbocycles. The van der Waals surface area contributed by atoms with Crippen LogP contribution in [0.1, 0.15) is 25.0 Å². The van der Waals surface area contributed by atoms with Crippen LogP contribution in [-0.4, -0.2) is 14.5 Å². The summed E-state index contributed by atoms with van der Waals surface area (Å²) in [6, 6.07) is 69.5. The third kappa shape index (κ3) is 5.22. The number of anilines is 3. The van der Waals surface area contributed by atoms with Crippen molar-refractivity contribution in [2.45, 2.75) is 19.3 Å². The second-order valence-electron chi connectivity index (χ2n) is 15.4. The molecule has 10 aromatic rings. The zero-order valence-electron chi connectivity index (χ0n) is 31.8. The number of benzene rings is 8. The molecule has 0 N–H and O–H groups in total. The lowest BCUT2D eigenvalue weighted by atomic mass is 9.73. The van der Waals surface area contributed by atoms with Crippen LogP contribution in [0.4, 0.5) is 17.1 Å². The highest BCUT2D eigenvalue weighted by molar-refractivity contribution is 6.23. The highest BCUT2D eigenvalue weighted by Crippen LogP contribution is 2.53. The van der Waals surface area contributed by atoms with E-state index in [0.717, 1.165) is 50.5 Å². The maximum atomic E-state index is 5.39. The molecule has 0 aliphatic carbocycles. The fraction of sp³-hybridized carbons (Fsp3) is 0.0566. The van der Waals surface area contributed by atoms with Crippen molar-refractivity contribution in [3.05, 3.63) is 205 Å². The first kappa shape index (κ1) is 33.1. The smallest absolute Gasteiger partial charge is 0.162 e. The van der Waals surface area contributed by atoms with Gasteiger partial charge in [-0.2, -0.15) is 0 Å². The molecular formula is C53H38N4. The first-order valence-corrected chi connectivity index (χ1v) is 19.6. The molecule has 1 aliphatic rings. The lowest BCUT2D eigenvalue weighted by Crippen LogP contribution is -2.30. The van der Waals surface area contributed by atoms with Crippen LogP contribution in [0.5, 0.6) is 0 Å². The number of nitrogens with zero attached hydrogens (tertiary/aromatic N) is 4. The molecule has 1 aliphatic heterocycles. The van der Waals surface area contributed by atoms with E-state index in [9.17, 15) is 0 Å². The van der Waals surface area contributed by atoms with E-state index in [1.165, 1.54) is 44.0 Å². The van der Waals surface area contributed by atoms with E-state index in [4.69, 9.17) is 9.97 Å². The number of hydrogen-bond donors (Lipinski definition) is 0. The van der Waals surface area contributed by atoms with Gasteiger partial charge < -0.3 is 4.90 Å². The van der Waals surface area contributed by atoms with Crippen molar-refractivity contribution in [2.24, 2.45) is 0 Å². The first-order chi connectivity index (χ1) is 28.0. The molecule has 0 unspecified atom stereocenters. The SMILES string of the molecule is CC1(C)c2ccccc2N(c2ccccc2)c2ccc(-c3cccc4c5c6ccccc6ccc5n(-c5cc(-c6ccccc6)nc(-c6ccccc6)n5)c34)cc21. The van der Waals surface area contributed by atoms with Gasteiger partial charge in [0.1, 0.15) is 5.82 Å². The molecule has 270 valence electrons. The summed E-state index contributed by atoms with van der Waals surface area (Å²) in [5, 5.41) is 4.84. The number of rotatable bonds is 5. The second kappa shape index (κ2) is 12.9. The van der Waals surface area contributed by atoms with Gasteiger partial charge in [0.2, 0.25) is 0 Å². The van der Waals surface area contributed by atoms with Gasteiger partial charge in [0.15, 0.2) is 5.82 Å². The quantitative estimate of drug-likeness (QED) is 0.177. The third-order valence-electron chi connectivity index (χ3n) is 11.8. The van der Waals surface area contributed by atoms with E-state index in [1.54, 1.807) is 0 Å². The Bertz CT molecular complexity index is 3090. The van der Waals surface area contributed by atoms with Crippen molar-refractivity contribution in [2.75, 3.05) is 4.90 Å². The normalized spacial score (nSPS) is 13.2. The Morgan fingerprint density at radius 2 is 1.14 bits per heavy atom. The van der Waals surface area contributed by atoms with Crippen LogP contribution < -0.4 is 4.90 Å². The van der Waals surface area contributed by atoms with Gasteiger partial charge in [0.25, 0.3) is 0 Å². The van der Waals surface area contributed by atoms with E-state index in [-0.39, 0.29) is 5.41 Å². The van der Waals surface area contributed by atoms with Crippen LogP contribution in [0.15, 0.2) is 194 Å². The van der Waals surface area contributed by atoms with E-state index in [1.807, 2.05) is 24.3 Å². The Balaban J connectivity index is 1.22. The third-order valence-corrected chi connectivity index (χ3v) is 11.8. The van der Waals surface area contributed by atoms with Gasteiger partial charge in [-0.05, 0) is 63.9 Å². The Kier molecular flexibility index (Phi) is 7.48. The summed E-state index contributed by atoms with van der Waals surface area (Å²) < 4.78 is 2.38. The number of aromatic nitrogens is 3. The van der Waals surface area contributed by atoms with Gasteiger partial charge in [-0.1, -0.05) is 166 Å². The molecule has 0 radical (unpaired) electrons. The Labute approximate surface area is 332 Å². The van der Waals surface area contributed by atoms with Crippen LogP contribution in [-0.2, 0) is 5.41 Å². The summed E-state index contributed by atoms with van der Waals surface area (Å²) in [6.45, 7) is 4.72. The maximum absolute atomic E-state index is 5.39. The average Bonchev–Trinajstić information content (AvgIpc) is 3.63. The lowest BCUT2D eigenvalue weighted by Gasteiger charge is -2.42. The van der Waals surface area contributed by atoms with Crippen LogP contribution >= 0.6 is 0 Å². The van der Waals surface area contributed by atoms with Crippen molar-refractivity contribution < 1.29 is 0 Å². The molecule has 0 bridgehead atoms. The zero-order chi connectivity index (χ0) is 38.1. The molecule has 2 aromatic heterocycles. The molecular weight excluding hydrogens is 693 g/mol. The summed E-state index contributed by atoms with van der Waals surface area (Å²) in [6.07, 6.45) is 0. The molecule has 3 heterocycles. The standard InChI is InChI=1S/C53H38N4/c1-53(2)43-27-14-15-28-46(43)56(39-22-10-5-11-23-39)47-31-30-38(33-44(47)53)41-25-16-26-42-50-40-24-13-12-17-35(40)29-32-48(50)57(51(41)42)49-34-45(36-18-6-3-7-19-36)54-52(55-49)37-20-8-4-9-21-37/h3-34H,1-2H3. The fourth-order valence-corrected chi connectivity index (χ4v) is 9.06. The Hall–Kier alpha value is -7.30. The minimum atomic E-state index is -0.244.